The third-order valence-corrected chi connectivity index (χ3v) is 3.34. The van der Waals surface area contributed by atoms with Crippen LogP contribution in [0.25, 0.3) is 0 Å². The molecule has 0 spiro atoms. The van der Waals surface area contributed by atoms with E-state index in [1.807, 2.05) is 0 Å². The first-order valence-electron chi connectivity index (χ1n) is 6.99. The van der Waals surface area contributed by atoms with Crippen molar-refractivity contribution in [3.63, 3.8) is 0 Å². The van der Waals surface area contributed by atoms with E-state index in [2.05, 4.69) is 5.32 Å². The zero-order chi connectivity index (χ0) is 14.4. The van der Waals surface area contributed by atoms with Crippen molar-refractivity contribution >= 4 is 11.6 Å². The summed E-state index contributed by atoms with van der Waals surface area (Å²) in [4.78, 5) is 11.9. The Kier molecular flexibility index (Phi) is 5.38. The normalized spacial score (nSPS) is 20.4. The third-order valence-electron chi connectivity index (χ3n) is 3.34. The second kappa shape index (κ2) is 7.26. The maximum Gasteiger partial charge on any atom is 0.253 e. The molecule has 0 saturated carbocycles. The number of ether oxygens (including phenoxy) is 2. The Morgan fingerprint density at radius 1 is 1.50 bits per heavy atom. The van der Waals surface area contributed by atoms with Gasteiger partial charge >= 0.3 is 0 Å². The smallest absolute Gasteiger partial charge is 0.253 e. The SMILES string of the molecule is C[C@H](OC[C@@H]1CCCCO1)C(=O)Nc1ccccc1O. The molecule has 20 heavy (non-hydrogen) atoms. The average molecular weight is 279 g/mol. The Morgan fingerprint density at radius 3 is 3.00 bits per heavy atom. The lowest BCUT2D eigenvalue weighted by Crippen LogP contribution is -2.32. The van der Waals surface area contributed by atoms with Gasteiger partial charge in [0.1, 0.15) is 11.9 Å². The largest absolute Gasteiger partial charge is 0.506 e. The van der Waals surface area contributed by atoms with Gasteiger partial charge in [0, 0.05) is 6.61 Å². The molecule has 2 rings (SSSR count). The molecule has 1 aromatic rings. The minimum absolute atomic E-state index is 0.0451. The van der Waals surface area contributed by atoms with Crippen LogP contribution in [-0.4, -0.2) is 36.4 Å². The van der Waals surface area contributed by atoms with Gasteiger partial charge in [-0.05, 0) is 38.3 Å². The van der Waals surface area contributed by atoms with Crippen molar-refractivity contribution in [1.29, 1.82) is 0 Å². The van der Waals surface area contributed by atoms with Crippen LogP contribution < -0.4 is 5.32 Å². The predicted octanol–water partition coefficient (Wildman–Crippen LogP) is 2.30. The molecule has 5 heteroatoms. The highest BCUT2D eigenvalue weighted by Gasteiger charge is 2.19. The summed E-state index contributed by atoms with van der Waals surface area (Å²) < 4.78 is 11.1. The number of carbonyl (C=O) groups excluding carboxylic acids is 1. The summed E-state index contributed by atoms with van der Waals surface area (Å²) in [6.45, 7) is 2.89. The zero-order valence-corrected chi connectivity index (χ0v) is 11.7. The van der Waals surface area contributed by atoms with Crippen molar-refractivity contribution in [2.75, 3.05) is 18.5 Å². The maximum atomic E-state index is 11.9. The molecule has 5 nitrogen and oxygen atoms in total. The number of hydrogen-bond acceptors (Lipinski definition) is 4. The number of rotatable bonds is 5. The number of nitrogens with one attached hydrogen (secondary N) is 1. The number of para-hydroxylation sites is 2. The molecule has 0 bridgehead atoms. The van der Waals surface area contributed by atoms with Crippen molar-refractivity contribution in [2.45, 2.75) is 38.4 Å². The lowest BCUT2D eigenvalue weighted by atomic mass is 10.1. The second-order valence-electron chi connectivity index (χ2n) is 4.97. The minimum atomic E-state index is -0.583. The zero-order valence-electron chi connectivity index (χ0n) is 11.7. The van der Waals surface area contributed by atoms with Gasteiger partial charge in [-0.1, -0.05) is 12.1 Å². The van der Waals surface area contributed by atoms with Crippen LogP contribution in [0.1, 0.15) is 26.2 Å². The van der Waals surface area contributed by atoms with Crippen LogP contribution in [0, 0.1) is 0 Å². The molecule has 1 aliphatic heterocycles. The predicted molar refractivity (Wildman–Crippen MR) is 75.7 cm³/mol. The van der Waals surface area contributed by atoms with Gasteiger partial charge in [-0.3, -0.25) is 4.79 Å². The van der Waals surface area contributed by atoms with Crippen molar-refractivity contribution in [3.05, 3.63) is 24.3 Å². The van der Waals surface area contributed by atoms with E-state index < -0.39 is 6.10 Å². The first-order chi connectivity index (χ1) is 9.66. The molecule has 0 aliphatic carbocycles. The number of amides is 1. The van der Waals surface area contributed by atoms with Gasteiger partial charge in [0.2, 0.25) is 0 Å². The number of carbonyl (C=O) groups is 1. The van der Waals surface area contributed by atoms with Crippen molar-refractivity contribution < 1.29 is 19.4 Å². The van der Waals surface area contributed by atoms with Gasteiger partial charge in [-0.2, -0.15) is 0 Å². The molecule has 1 saturated heterocycles. The molecule has 1 fully saturated rings. The van der Waals surface area contributed by atoms with E-state index in [-0.39, 0.29) is 17.8 Å². The van der Waals surface area contributed by atoms with E-state index in [1.165, 1.54) is 6.07 Å². The molecule has 2 N–H and O–H groups in total. The number of phenolic OH excluding ortho intramolecular Hbond substituents is 1. The number of hydrogen-bond donors (Lipinski definition) is 2. The van der Waals surface area contributed by atoms with Gasteiger partial charge in [0.05, 0.1) is 18.4 Å². The monoisotopic (exact) mass is 279 g/mol. The number of benzene rings is 1. The highest BCUT2D eigenvalue weighted by Crippen LogP contribution is 2.21. The van der Waals surface area contributed by atoms with E-state index in [1.54, 1.807) is 25.1 Å². The Balaban J connectivity index is 1.78. The van der Waals surface area contributed by atoms with Crippen LogP contribution in [0.2, 0.25) is 0 Å². The quantitative estimate of drug-likeness (QED) is 0.812. The fourth-order valence-electron chi connectivity index (χ4n) is 2.08. The summed E-state index contributed by atoms with van der Waals surface area (Å²) >= 11 is 0. The van der Waals surface area contributed by atoms with Gasteiger partial charge in [0.15, 0.2) is 0 Å². The fourth-order valence-corrected chi connectivity index (χ4v) is 2.08. The molecular formula is C15H21NO4. The highest BCUT2D eigenvalue weighted by molar-refractivity contribution is 5.95. The Hall–Kier alpha value is -1.59. The van der Waals surface area contributed by atoms with Gasteiger partial charge in [-0.25, -0.2) is 0 Å². The lowest BCUT2D eigenvalue weighted by Gasteiger charge is -2.23. The van der Waals surface area contributed by atoms with Crippen LogP contribution in [0.4, 0.5) is 5.69 Å². The van der Waals surface area contributed by atoms with Gasteiger partial charge in [-0.15, -0.1) is 0 Å². The Morgan fingerprint density at radius 2 is 2.30 bits per heavy atom. The van der Waals surface area contributed by atoms with Crippen LogP contribution in [0.5, 0.6) is 5.75 Å². The number of phenols is 1. The topological polar surface area (TPSA) is 67.8 Å². The van der Waals surface area contributed by atoms with E-state index in [4.69, 9.17) is 9.47 Å². The van der Waals surface area contributed by atoms with E-state index >= 15 is 0 Å². The van der Waals surface area contributed by atoms with E-state index in [9.17, 15) is 9.90 Å². The van der Waals surface area contributed by atoms with Crippen LogP contribution >= 0.6 is 0 Å². The lowest BCUT2D eigenvalue weighted by molar-refractivity contribution is -0.130. The minimum Gasteiger partial charge on any atom is -0.506 e. The molecule has 0 aromatic heterocycles. The van der Waals surface area contributed by atoms with Gasteiger partial charge in [0.25, 0.3) is 5.91 Å². The molecule has 0 radical (unpaired) electrons. The molecule has 2 atom stereocenters. The van der Waals surface area contributed by atoms with Crippen LogP contribution in [0.3, 0.4) is 0 Å². The molecule has 1 aliphatic rings. The highest BCUT2D eigenvalue weighted by atomic mass is 16.5. The summed E-state index contributed by atoms with van der Waals surface area (Å²) in [6.07, 6.45) is 2.73. The standard InChI is InChI=1S/C15H21NO4/c1-11(20-10-12-6-4-5-9-19-12)15(18)16-13-7-2-3-8-14(13)17/h2-3,7-8,11-12,17H,4-6,9-10H2,1H3,(H,16,18)/t11-,12-/m0/s1. The summed E-state index contributed by atoms with van der Waals surface area (Å²) in [5.74, 6) is -0.231. The number of aromatic hydroxyl groups is 1. The van der Waals surface area contributed by atoms with Crippen LogP contribution in [0.15, 0.2) is 24.3 Å². The molecule has 0 unspecified atom stereocenters. The molecular weight excluding hydrogens is 258 g/mol. The van der Waals surface area contributed by atoms with Crippen molar-refractivity contribution in [3.8, 4) is 5.75 Å². The molecule has 1 heterocycles. The van der Waals surface area contributed by atoms with Gasteiger partial charge < -0.3 is 19.9 Å². The molecule has 1 amide bonds. The first kappa shape index (κ1) is 14.8. The van der Waals surface area contributed by atoms with E-state index in [0.717, 1.165) is 25.9 Å². The summed E-state index contributed by atoms with van der Waals surface area (Å²) in [7, 11) is 0. The fraction of sp³-hybridized carbons (Fsp3) is 0.533. The Bertz CT molecular complexity index is 443. The van der Waals surface area contributed by atoms with Crippen molar-refractivity contribution in [2.24, 2.45) is 0 Å². The van der Waals surface area contributed by atoms with E-state index in [0.29, 0.717) is 12.3 Å². The first-order valence-corrected chi connectivity index (χ1v) is 6.99. The Labute approximate surface area is 118 Å². The second-order valence-corrected chi connectivity index (χ2v) is 4.97. The van der Waals surface area contributed by atoms with Crippen molar-refractivity contribution in [1.82, 2.24) is 0 Å². The van der Waals surface area contributed by atoms with Crippen LogP contribution in [-0.2, 0) is 14.3 Å². The summed E-state index contributed by atoms with van der Waals surface area (Å²) in [6, 6.07) is 6.61. The number of anilines is 1. The maximum absolute atomic E-state index is 11.9. The summed E-state index contributed by atoms with van der Waals surface area (Å²) in [5.41, 5.74) is 0.391. The summed E-state index contributed by atoms with van der Waals surface area (Å²) in [5, 5.41) is 12.2. The molecule has 1 aromatic carbocycles. The molecule has 110 valence electrons. The average Bonchev–Trinajstić information content (AvgIpc) is 2.48. The third kappa shape index (κ3) is 4.21.